The molecule has 1 aromatic carbocycles. The van der Waals surface area contributed by atoms with E-state index in [2.05, 4.69) is 15.3 Å². The highest BCUT2D eigenvalue weighted by Gasteiger charge is 2.47. The van der Waals surface area contributed by atoms with Gasteiger partial charge in [-0.1, -0.05) is 11.3 Å². The number of halogens is 1. The predicted octanol–water partition coefficient (Wildman–Crippen LogP) is 1.76. The average molecular weight is 369 g/mol. The van der Waals surface area contributed by atoms with Crippen molar-refractivity contribution in [3.63, 3.8) is 0 Å². The van der Waals surface area contributed by atoms with Crippen molar-refractivity contribution in [2.24, 2.45) is 0 Å². The summed E-state index contributed by atoms with van der Waals surface area (Å²) in [5, 5.41) is 17.9. The number of pyridine rings is 1. The summed E-state index contributed by atoms with van der Waals surface area (Å²) in [6.45, 7) is 1.22. The van der Waals surface area contributed by atoms with E-state index < -0.39 is 24.1 Å². The first-order valence-electron chi connectivity index (χ1n) is 8.38. The van der Waals surface area contributed by atoms with Crippen molar-refractivity contribution in [2.45, 2.75) is 19.0 Å². The Balaban J connectivity index is 1.64. The number of fused-ring (bicyclic) bond motifs is 1. The van der Waals surface area contributed by atoms with Crippen LogP contribution in [0, 0.1) is 6.92 Å². The van der Waals surface area contributed by atoms with Gasteiger partial charge in [0.2, 0.25) is 5.67 Å². The standard InChI is InChI=1S/C18H16FN5O3/c1-11-15(16(25)23-8-6-18(19,10-23)17(26)27)21-22-24(11)13-4-5-14-12(9-13)3-2-7-20-14/h2-5,7,9H,6,8,10H2,1H3,(H,26,27). The molecule has 1 N–H and O–H groups in total. The van der Waals surface area contributed by atoms with Gasteiger partial charge in [-0.25, -0.2) is 13.9 Å². The number of aromatic nitrogens is 4. The SMILES string of the molecule is Cc1c(C(=O)N2CCC(F)(C(=O)O)C2)nnn1-c1ccc2ncccc2c1. The number of carboxylic acid groups (broad SMARTS) is 1. The Morgan fingerprint density at radius 1 is 1.30 bits per heavy atom. The van der Waals surface area contributed by atoms with Gasteiger partial charge in [0.1, 0.15) is 0 Å². The van der Waals surface area contributed by atoms with E-state index in [0.29, 0.717) is 11.4 Å². The second kappa shape index (κ2) is 6.11. The van der Waals surface area contributed by atoms with Crippen LogP contribution >= 0.6 is 0 Å². The van der Waals surface area contributed by atoms with Gasteiger partial charge in [-0.05, 0) is 31.2 Å². The molecule has 0 saturated carbocycles. The fourth-order valence-electron chi connectivity index (χ4n) is 3.24. The predicted molar refractivity (Wildman–Crippen MR) is 93.4 cm³/mol. The van der Waals surface area contributed by atoms with E-state index in [-0.39, 0.29) is 18.7 Å². The van der Waals surface area contributed by atoms with Crippen LogP contribution in [-0.2, 0) is 4.79 Å². The molecular weight excluding hydrogens is 353 g/mol. The summed E-state index contributed by atoms with van der Waals surface area (Å²) < 4.78 is 15.8. The molecule has 4 rings (SSSR count). The van der Waals surface area contributed by atoms with Gasteiger partial charge in [-0.15, -0.1) is 5.10 Å². The number of carboxylic acids is 1. The number of rotatable bonds is 3. The Bertz CT molecular complexity index is 1070. The number of carbonyl (C=O) groups is 2. The lowest BCUT2D eigenvalue weighted by atomic mass is 10.1. The minimum atomic E-state index is -2.41. The van der Waals surface area contributed by atoms with Crippen LogP contribution in [0.3, 0.4) is 0 Å². The summed E-state index contributed by atoms with van der Waals surface area (Å²) in [4.78, 5) is 29.1. The number of likely N-dealkylation sites (tertiary alicyclic amines) is 1. The number of benzene rings is 1. The summed E-state index contributed by atoms with van der Waals surface area (Å²) in [6.07, 6.45) is 1.47. The van der Waals surface area contributed by atoms with Crippen molar-refractivity contribution in [3.8, 4) is 5.69 Å². The number of alkyl halides is 1. The molecule has 1 aliphatic rings. The fraction of sp³-hybridized carbons (Fsp3) is 0.278. The van der Waals surface area contributed by atoms with Crippen molar-refractivity contribution in [3.05, 3.63) is 47.9 Å². The number of carbonyl (C=O) groups excluding carboxylic acids is 1. The molecule has 0 radical (unpaired) electrons. The lowest BCUT2D eigenvalue weighted by molar-refractivity contribution is -0.149. The van der Waals surface area contributed by atoms with Crippen LogP contribution in [0.2, 0.25) is 0 Å². The van der Waals surface area contributed by atoms with E-state index in [9.17, 15) is 14.0 Å². The fourth-order valence-corrected chi connectivity index (χ4v) is 3.24. The molecule has 1 amide bonds. The molecule has 0 bridgehead atoms. The van der Waals surface area contributed by atoms with Crippen molar-refractivity contribution in [1.29, 1.82) is 0 Å². The highest BCUT2D eigenvalue weighted by atomic mass is 19.1. The van der Waals surface area contributed by atoms with Gasteiger partial charge in [-0.3, -0.25) is 9.78 Å². The lowest BCUT2D eigenvalue weighted by Crippen LogP contribution is -2.39. The van der Waals surface area contributed by atoms with E-state index in [4.69, 9.17) is 5.11 Å². The molecule has 27 heavy (non-hydrogen) atoms. The van der Waals surface area contributed by atoms with Gasteiger partial charge in [0.25, 0.3) is 5.91 Å². The second-order valence-electron chi connectivity index (χ2n) is 6.56. The molecule has 3 aromatic rings. The molecule has 1 fully saturated rings. The first-order valence-corrected chi connectivity index (χ1v) is 8.38. The molecular formula is C18H16FN5O3. The third-order valence-electron chi connectivity index (χ3n) is 4.82. The molecule has 2 aromatic heterocycles. The minimum absolute atomic E-state index is 0.0234. The van der Waals surface area contributed by atoms with E-state index in [1.165, 1.54) is 9.58 Å². The number of nitrogens with zero attached hydrogens (tertiary/aromatic N) is 5. The van der Waals surface area contributed by atoms with E-state index in [1.807, 2.05) is 30.3 Å². The van der Waals surface area contributed by atoms with Crippen LogP contribution < -0.4 is 0 Å². The molecule has 138 valence electrons. The Labute approximate surface area is 153 Å². The summed E-state index contributed by atoms with van der Waals surface area (Å²) in [5.41, 5.74) is -0.289. The molecule has 1 atom stereocenters. The zero-order valence-corrected chi connectivity index (χ0v) is 14.5. The molecule has 8 nitrogen and oxygen atoms in total. The van der Waals surface area contributed by atoms with E-state index in [0.717, 1.165) is 10.9 Å². The quantitative estimate of drug-likeness (QED) is 0.755. The molecule has 1 unspecified atom stereocenters. The lowest BCUT2D eigenvalue weighted by Gasteiger charge is -2.16. The maximum Gasteiger partial charge on any atom is 0.343 e. The second-order valence-corrected chi connectivity index (χ2v) is 6.56. The molecule has 0 spiro atoms. The van der Waals surface area contributed by atoms with Crippen molar-refractivity contribution >= 4 is 22.8 Å². The Hall–Kier alpha value is -3.36. The van der Waals surface area contributed by atoms with Gasteiger partial charge in [0.15, 0.2) is 5.69 Å². The van der Waals surface area contributed by atoms with Crippen LogP contribution in [-0.4, -0.2) is 60.6 Å². The molecule has 0 aliphatic carbocycles. The Morgan fingerprint density at radius 3 is 2.85 bits per heavy atom. The van der Waals surface area contributed by atoms with Gasteiger partial charge >= 0.3 is 5.97 Å². The summed E-state index contributed by atoms with van der Waals surface area (Å²) in [7, 11) is 0. The average Bonchev–Trinajstić information content (AvgIpc) is 3.25. The molecule has 1 aliphatic heterocycles. The van der Waals surface area contributed by atoms with Crippen molar-refractivity contribution in [1.82, 2.24) is 24.9 Å². The number of hydrogen-bond donors (Lipinski definition) is 1. The largest absolute Gasteiger partial charge is 0.479 e. The van der Waals surface area contributed by atoms with Gasteiger partial charge in [-0.2, -0.15) is 0 Å². The smallest absolute Gasteiger partial charge is 0.343 e. The van der Waals surface area contributed by atoms with Crippen LogP contribution in [0.25, 0.3) is 16.6 Å². The van der Waals surface area contributed by atoms with E-state index >= 15 is 0 Å². The molecule has 9 heteroatoms. The summed E-state index contributed by atoms with van der Waals surface area (Å²) in [6, 6.07) is 9.29. The zero-order chi connectivity index (χ0) is 19.2. The Morgan fingerprint density at radius 2 is 2.11 bits per heavy atom. The maximum atomic E-state index is 14.2. The van der Waals surface area contributed by atoms with Crippen LogP contribution in [0.5, 0.6) is 0 Å². The number of aliphatic carboxylic acids is 1. The minimum Gasteiger partial charge on any atom is -0.479 e. The highest BCUT2D eigenvalue weighted by molar-refractivity contribution is 5.94. The third-order valence-corrected chi connectivity index (χ3v) is 4.82. The summed E-state index contributed by atoms with van der Waals surface area (Å²) in [5.74, 6) is -2.08. The van der Waals surface area contributed by atoms with Crippen molar-refractivity contribution < 1.29 is 19.1 Å². The van der Waals surface area contributed by atoms with E-state index in [1.54, 1.807) is 13.1 Å². The zero-order valence-electron chi connectivity index (χ0n) is 14.5. The molecule has 3 heterocycles. The normalized spacial score (nSPS) is 19.6. The van der Waals surface area contributed by atoms with Gasteiger partial charge < -0.3 is 10.0 Å². The number of amides is 1. The molecule has 1 saturated heterocycles. The first-order chi connectivity index (χ1) is 12.9. The Kier molecular flexibility index (Phi) is 3.87. The number of hydrogen-bond acceptors (Lipinski definition) is 5. The summed E-state index contributed by atoms with van der Waals surface area (Å²) >= 11 is 0. The third kappa shape index (κ3) is 2.80. The van der Waals surface area contributed by atoms with Gasteiger partial charge in [0.05, 0.1) is 23.4 Å². The van der Waals surface area contributed by atoms with Crippen LogP contribution in [0.15, 0.2) is 36.5 Å². The monoisotopic (exact) mass is 369 g/mol. The topological polar surface area (TPSA) is 101 Å². The van der Waals surface area contributed by atoms with Crippen LogP contribution in [0.4, 0.5) is 4.39 Å². The first kappa shape index (κ1) is 17.1. The highest BCUT2D eigenvalue weighted by Crippen LogP contribution is 2.27. The maximum absolute atomic E-state index is 14.2. The van der Waals surface area contributed by atoms with Gasteiger partial charge in [0, 0.05) is 24.5 Å². The van der Waals surface area contributed by atoms with Crippen molar-refractivity contribution in [2.75, 3.05) is 13.1 Å². The van der Waals surface area contributed by atoms with Crippen LogP contribution in [0.1, 0.15) is 22.6 Å².